The molecule has 0 saturated carbocycles. The van der Waals surface area contributed by atoms with Gasteiger partial charge >= 0.3 is 0 Å². The molecule has 0 spiro atoms. The molecule has 0 aromatic heterocycles. The molecule has 9 heteroatoms. The third-order valence-electron chi connectivity index (χ3n) is 6.25. The second-order valence-electron chi connectivity index (χ2n) is 8.15. The van der Waals surface area contributed by atoms with E-state index in [-0.39, 0.29) is 24.3 Å². The summed E-state index contributed by atoms with van der Waals surface area (Å²) in [4.78, 5) is 40.1. The van der Waals surface area contributed by atoms with Gasteiger partial charge in [-0.25, -0.2) is 4.39 Å². The average molecular weight is 417 g/mol. The zero-order chi connectivity index (χ0) is 21.1. The number of halogens is 1. The van der Waals surface area contributed by atoms with E-state index in [1.807, 2.05) is 0 Å². The molecule has 0 unspecified atom stereocenters. The van der Waals surface area contributed by atoms with Gasteiger partial charge in [0.05, 0.1) is 5.56 Å². The van der Waals surface area contributed by atoms with Crippen LogP contribution in [0, 0.1) is 5.82 Å². The van der Waals surface area contributed by atoms with Crippen molar-refractivity contribution in [1.82, 2.24) is 20.9 Å². The molecule has 3 fully saturated rings. The van der Waals surface area contributed by atoms with E-state index < -0.39 is 23.7 Å². The zero-order valence-corrected chi connectivity index (χ0v) is 17.0. The summed E-state index contributed by atoms with van der Waals surface area (Å²) >= 11 is 0. The summed E-state index contributed by atoms with van der Waals surface area (Å²) in [6.45, 7) is 5.68. The Balaban J connectivity index is 1.34. The Hall–Kier alpha value is -2.52. The van der Waals surface area contributed by atoms with Gasteiger partial charge in [-0.05, 0) is 50.6 Å². The summed E-state index contributed by atoms with van der Waals surface area (Å²) in [5.41, 5.74) is 0.659. The van der Waals surface area contributed by atoms with E-state index in [0.717, 1.165) is 45.0 Å². The molecule has 3 heterocycles. The van der Waals surface area contributed by atoms with Crippen molar-refractivity contribution in [3.63, 3.8) is 0 Å². The van der Waals surface area contributed by atoms with Crippen LogP contribution >= 0.6 is 0 Å². The third-order valence-corrected chi connectivity index (χ3v) is 6.25. The molecule has 0 bridgehead atoms. The Bertz CT molecular complexity index is 819. The van der Waals surface area contributed by atoms with E-state index in [1.54, 1.807) is 6.07 Å². The second kappa shape index (κ2) is 9.09. The molecule has 0 aliphatic carbocycles. The quantitative estimate of drug-likeness (QED) is 0.608. The largest absolute Gasteiger partial charge is 0.369 e. The van der Waals surface area contributed by atoms with E-state index in [4.69, 9.17) is 0 Å². The fraction of sp³-hybridized carbons (Fsp3) is 0.571. The minimum atomic E-state index is -0.822. The predicted molar refractivity (Wildman–Crippen MR) is 110 cm³/mol. The summed E-state index contributed by atoms with van der Waals surface area (Å²) in [5.74, 6) is -2.17. The number of benzene rings is 1. The summed E-state index contributed by atoms with van der Waals surface area (Å²) in [6, 6.07) is 4.41. The number of amides is 3. The van der Waals surface area contributed by atoms with Gasteiger partial charge in [0, 0.05) is 44.3 Å². The lowest BCUT2D eigenvalue weighted by Gasteiger charge is -2.41. The van der Waals surface area contributed by atoms with Crippen LogP contribution in [0.15, 0.2) is 18.2 Å². The normalized spacial score (nSPS) is 23.9. The first-order chi connectivity index (χ1) is 14.5. The Morgan fingerprint density at radius 1 is 1.07 bits per heavy atom. The molecule has 1 aromatic carbocycles. The molecule has 1 atom stereocenters. The topological polar surface area (TPSA) is 93.8 Å². The van der Waals surface area contributed by atoms with Crippen LogP contribution in [0.25, 0.3) is 0 Å². The monoisotopic (exact) mass is 417 g/mol. The first kappa shape index (κ1) is 20.7. The average Bonchev–Trinajstić information content (AvgIpc) is 2.76. The third kappa shape index (κ3) is 4.62. The van der Waals surface area contributed by atoms with Gasteiger partial charge in [-0.2, -0.15) is 0 Å². The van der Waals surface area contributed by atoms with Gasteiger partial charge in [0.15, 0.2) is 0 Å². The van der Waals surface area contributed by atoms with E-state index in [9.17, 15) is 18.8 Å². The lowest BCUT2D eigenvalue weighted by Crippen LogP contribution is -2.53. The molecule has 0 radical (unpaired) electrons. The maximum atomic E-state index is 14.7. The number of hydrogen-bond acceptors (Lipinski definition) is 6. The van der Waals surface area contributed by atoms with Crippen LogP contribution in [-0.4, -0.2) is 74.0 Å². The highest BCUT2D eigenvalue weighted by atomic mass is 19.1. The van der Waals surface area contributed by atoms with E-state index in [1.165, 1.54) is 25.0 Å². The lowest BCUT2D eigenvalue weighted by atomic mass is 10.0. The lowest BCUT2D eigenvalue weighted by molar-refractivity contribution is -0.134. The molecule has 3 amide bonds. The Morgan fingerprint density at radius 2 is 1.80 bits per heavy atom. The van der Waals surface area contributed by atoms with Gasteiger partial charge in [0.2, 0.25) is 11.8 Å². The first-order valence-corrected chi connectivity index (χ1v) is 10.6. The summed E-state index contributed by atoms with van der Waals surface area (Å²) < 4.78 is 14.7. The summed E-state index contributed by atoms with van der Waals surface area (Å²) in [7, 11) is 0. The van der Waals surface area contributed by atoms with Crippen molar-refractivity contribution < 1.29 is 18.8 Å². The van der Waals surface area contributed by atoms with Gasteiger partial charge < -0.3 is 15.5 Å². The van der Waals surface area contributed by atoms with Crippen LogP contribution < -0.4 is 20.9 Å². The van der Waals surface area contributed by atoms with Gasteiger partial charge in [-0.1, -0.05) is 0 Å². The Labute approximate surface area is 175 Å². The zero-order valence-electron chi connectivity index (χ0n) is 17.0. The molecule has 3 aliphatic rings. The molecule has 3 aliphatic heterocycles. The molecule has 162 valence electrons. The van der Waals surface area contributed by atoms with Crippen LogP contribution in [0.3, 0.4) is 0 Å². The standard InChI is InChI=1S/C21H28FN5O3/c22-17-13-15(27-11-9-26(10-12-27)14-5-7-23-8-6-14)1-2-16(17)20(29)24-18-3-4-19(28)25-21(18)30/h1-2,13-14,18,23H,3-12H2,(H,24,29)(H,25,28,30)/t18-/m0/s1. The molecular weight excluding hydrogens is 389 g/mol. The number of nitrogens with one attached hydrogen (secondary N) is 3. The second-order valence-corrected chi connectivity index (χ2v) is 8.15. The predicted octanol–water partition coefficient (Wildman–Crippen LogP) is 0.235. The highest BCUT2D eigenvalue weighted by Gasteiger charge is 2.29. The minimum absolute atomic E-state index is 0.100. The number of piperidine rings is 2. The number of nitrogens with zero attached hydrogens (tertiary/aromatic N) is 2. The SMILES string of the molecule is O=C1CC[C@H](NC(=O)c2ccc(N3CCN(C4CCNCC4)CC3)cc2F)C(=O)N1. The summed E-state index contributed by atoms with van der Waals surface area (Å²) in [6.07, 6.45) is 2.72. The van der Waals surface area contributed by atoms with Crippen LogP contribution in [0.5, 0.6) is 0 Å². The fourth-order valence-electron chi connectivity index (χ4n) is 4.47. The van der Waals surface area contributed by atoms with Gasteiger partial charge in [0.25, 0.3) is 5.91 Å². The maximum absolute atomic E-state index is 14.7. The molecule has 3 saturated heterocycles. The van der Waals surface area contributed by atoms with Crippen LogP contribution in [-0.2, 0) is 9.59 Å². The molecule has 8 nitrogen and oxygen atoms in total. The number of rotatable bonds is 4. The molecule has 1 aromatic rings. The summed E-state index contributed by atoms with van der Waals surface area (Å²) in [5, 5.41) is 8.09. The number of carbonyl (C=O) groups excluding carboxylic acids is 3. The molecule has 3 N–H and O–H groups in total. The van der Waals surface area contributed by atoms with Crippen LogP contribution in [0.4, 0.5) is 10.1 Å². The van der Waals surface area contributed by atoms with Gasteiger partial charge in [-0.15, -0.1) is 0 Å². The van der Waals surface area contributed by atoms with Crippen LogP contribution in [0.2, 0.25) is 0 Å². The molecule has 30 heavy (non-hydrogen) atoms. The van der Waals surface area contributed by atoms with E-state index in [0.29, 0.717) is 6.04 Å². The van der Waals surface area contributed by atoms with Crippen molar-refractivity contribution in [3.05, 3.63) is 29.6 Å². The van der Waals surface area contributed by atoms with Crippen molar-refractivity contribution in [3.8, 4) is 0 Å². The number of piperazine rings is 1. The first-order valence-electron chi connectivity index (χ1n) is 10.6. The molecular formula is C21H28FN5O3. The number of imide groups is 1. The van der Waals surface area contributed by atoms with E-state index >= 15 is 0 Å². The number of hydrogen-bond donors (Lipinski definition) is 3. The molecule has 4 rings (SSSR count). The van der Waals surface area contributed by atoms with Crippen molar-refractivity contribution in [2.45, 2.75) is 37.8 Å². The van der Waals surface area contributed by atoms with Gasteiger partial charge in [-0.3, -0.25) is 24.6 Å². The van der Waals surface area contributed by atoms with E-state index in [2.05, 4.69) is 25.8 Å². The Kier molecular flexibility index (Phi) is 6.29. The minimum Gasteiger partial charge on any atom is -0.369 e. The van der Waals surface area contributed by atoms with Crippen LogP contribution in [0.1, 0.15) is 36.0 Å². The number of anilines is 1. The Morgan fingerprint density at radius 3 is 2.47 bits per heavy atom. The fourth-order valence-corrected chi connectivity index (χ4v) is 4.47. The van der Waals surface area contributed by atoms with Crippen molar-refractivity contribution >= 4 is 23.4 Å². The van der Waals surface area contributed by atoms with Crippen molar-refractivity contribution in [1.29, 1.82) is 0 Å². The van der Waals surface area contributed by atoms with Gasteiger partial charge in [0.1, 0.15) is 11.9 Å². The van der Waals surface area contributed by atoms with Crippen molar-refractivity contribution in [2.24, 2.45) is 0 Å². The highest BCUT2D eigenvalue weighted by molar-refractivity contribution is 6.03. The maximum Gasteiger partial charge on any atom is 0.254 e. The highest BCUT2D eigenvalue weighted by Crippen LogP contribution is 2.22. The van der Waals surface area contributed by atoms with Crippen molar-refractivity contribution in [2.75, 3.05) is 44.2 Å². The number of carbonyl (C=O) groups is 3. The smallest absolute Gasteiger partial charge is 0.254 e.